The van der Waals surface area contributed by atoms with Gasteiger partial charge in [-0.25, -0.2) is 0 Å². The van der Waals surface area contributed by atoms with Gasteiger partial charge in [-0.15, -0.1) is 0 Å². The summed E-state index contributed by atoms with van der Waals surface area (Å²) in [4.78, 5) is 0. The minimum absolute atomic E-state index is 0.0146. The molecular formula is C16H31NO. The summed E-state index contributed by atoms with van der Waals surface area (Å²) < 4.78 is 6.24. The SMILES string of the molecule is CCC1(C(N)C2CC(C)(C)OC2(C)C)CCCC1. The Labute approximate surface area is 113 Å². The fourth-order valence-electron chi connectivity index (χ4n) is 4.59. The molecule has 2 N–H and O–H groups in total. The van der Waals surface area contributed by atoms with Crippen molar-refractivity contribution < 1.29 is 4.74 Å². The van der Waals surface area contributed by atoms with Crippen molar-refractivity contribution in [2.24, 2.45) is 17.1 Å². The van der Waals surface area contributed by atoms with Crippen molar-refractivity contribution in [2.45, 2.75) is 90.4 Å². The second-order valence-electron chi connectivity index (χ2n) is 7.72. The van der Waals surface area contributed by atoms with Crippen molar-refractivity contribution in [1.29, 1.82) is 0 Å². The smallest absolute Gasteiger partial charge is 0.0677 e. The Morgan fingerprint density at radius 3 is 2.11 bits per heavy atom. The molecule has 2 rings (SSSR count). The summed E-state index contributed by atoms with van der Waals surface area (Å²) in [6, 6.07) is 0.293. The quantitative estimate of drug-likeness (QED) is 0.828. The van der Waals surface area contributed by atoms with E-state index in [9.17, 15) is 0 Å². The molecule has 0 aromatic rings. The third-order valence-corrected chi connectivity index (χ3v) is 5.59. The van der Waals surface area contributed by atoms with Gasteiger partial charge in [0.25, 0.3) is 0 Å². The standard InChI is InChI=1S/C16H31NO/c1-6-16(9-7-8-10-16)13(17)12-11-14(2,3)18-15(12,4)5/h12-13H,6-11,17H2,1-5H3. The maximum absolute atomic E-state index is 6.75. The third kappa shape index (κ3) is 2.34. The van der Waals surface area contributed by atoms with Gasteiger partial charge in [-0.2, -0.15) is 0 Å². The van der Waals surface area contributed by atoms with E-state index in [-0.39, 0.29) is 11.2 Å². The van der Waals surface area contributed by atoms with Crippen molar-refractivity contribution in [1.82, 2.24) is 0 Å². The number of ether oxygens (including phenoxy) is 1. The van der Waals surface area contributed by atoms with E-state index in [0.29, 0.717) is 17.4 Å². The highest BCUT2D eigenvalue weighted by Gasteiger charge is 2.53. The number of hydrogen-bond acceptors (Lipinski definition) is 2. The van der Waals surface area contributed by atoms with Gasteiger partial charge in [0.2, 0.25) is 0 Å². The van der Waals surface area contributed by atoms with Crippen LogP contribution in [0.4, 0.5) is 0 Å². The molecule has 0 bridgehead atoms. The average molecular weight is 253 g/mol. The van der Waals surface area contributed by atoms with Gasteiger partial charge in [-0.3, -0.25) is 0 Å². The molecule has 2 heteroatoms. The van der Waals surface area contributed by atoms with Crippen LogP contribution < -0.4 is 5.73 Å². The number of rotatable bonds is 3. The van der Waals surface area contributed by atoms with Crippen molar-refractivity contribution in [3.05, 3.63) is 0 Å². The Balaban J connectivity index is 2.20. The molecule has 1 aliphatic carbocycles. The summed E-state index contributed by atoms with van der Waals surface area (Å²) in [5, 5.41) is 0. The van der Waals surface area contributed by atoms with Gasteiger partial charge < -0.3 is 10.5 Å². The minimum Gasteiger partial charge on any atom is -0.369 e. The molecule has 0 spiro atoms. The fourth-order valence-corrected chi connectivity index (χ4v) is 4.59. The Kier molecular flexibility index (Phi) is 3.57. The first-order valence-corrected chi connectivity index (χ1v) is 7.68. The van der Waals surface area contributed by atoms with Gasteiger partial charge in [0.15, 0.2) is 0 Å². The van der Waals surface area contributed by atoms with E-state index in [4.69, 9.17) is 10.5 Å². The molecule has 0 aromatic carbocycles. The third-order valence-electron chi connectivity index (χ3n) is 5.59. The first-order chi connectivity index (χ1) is 8.22. The highest BCUT2D eigenvalue weighted by Crippen LogP contribution is 2.52. The Morgan fingerprint density at radius 1 is 1.17 bits per heavy atom. The van der Waals surface area contributed by atoms with E-state index in [1.165, 1.54) is 32.1 Å². The van der Waals surface area contributed by atoms with Crippen LogP contribution >= 0.6 is 0 Å². The Bertz CT molecular complexity index is 302. The van der Waals surface area contributed by atoms with Crippen molar-refractivity contribution in [3.8, 4) is 0 Å². The van der Waals surface area contributed by atoms with Crippen molar-refractivity contribution >= 4 is 0 Å². The minimum atomic E-state index is -0.0757. The largest absolute Gasteiger partial charge is 0.369 e. The van der Waals surface area contributed by atoms with Crippen LogP contribution in [0, 0.1) is 11.3 Å². The van der Waals surface area contributed by atoms with Gasteiger partial charge in [-0.1, -0.05) is 19.8 Å². The molecule has 1 saturated heterocycles. The summed E-state index contributed by atoms with van der Waals surface area (Å²) in [7, 11) is 0. The molecule has 0 radical (unpaired) electrons. The zero-order valence-corrected chi connectivity index (χ0v) is 12.9. The number of nitrogens with two attached hydrogens (primary N) is 1. The van der Waals surface area contributed by atoms with Crippen LogP contribution in [0.3, 0.4) is 0 Å². The predicted octanol–water partition coefficient (Wildman–Crippen LogP) is 3.88. The maximum Gasteiger partial charge on any atom is 0.0677 e. The first-order valence-electron chi connectivity index (χ1n) is 7.68. The normalized spacial score (nSPS) is 34.7. The van der Waals surface area contributed by atoms with Gasteiger partial charge in [0.1, 0.15) is 0 Å². The first kappa shape index (κ1) is 14.3. The summed E-state index contributed by atoms with van der Waals surface area (Å²) in [6.07, 6.45) is 7.68. The van der Waals surface area contributed by atoms with E-state index >= 15 is 0 Å². The second kappa shape index (κ2) is 4.49. The van der Waals surface area contributed by atoms with Gasteiger partial charge in [0.05, 0.1) is 11.2 Å². The van der Waals surface area contributed by atoms with Gasteiger partial charge in [-0.05, 0) is 58.8 Å². The molecule has 2 nitrogen and oxygen atoms in total. The van der Waals surface area contributed by atoms with Crippen LogP contribution in [-0.2, 0) is 4.74 Å². The highest BCUT2D eigenvalue weighted by molar-refractivity contribution is 5.05. The molecule has 106 valence electrons. The van der Waals surface area contributed by atoms with Crippen LogP contribution in [-0.4, -0.2) is 17.2 Å². The lowest BCUT2D eigenvalue weighted by Gasteiger charge is -2.42. The molecule has 18 heavy (non-hydrogen) atoms. The fraction of sp³-hybridized carbons (Fsp3) is 1.00. The summed E-state index contributed by atoms with van der Waals surface area (Å²) in [6.45, 7) is 11.2. The average Bonchev–Trinajstić information content (AvgIpc) is 2.80. The molecule has 2 unspecified atom stereocenters. The highest BCUT2D eigenvalue weighted by atomic mass is 16.5. The van der Waals surface area contributed by atoms with Crippen LogP contribution in [0.25, 0.3) is 0 Å². The topological polar surface area (TPSA) is 35.2 Å². The Hall–Kier alpha value is -0.0800. The van der Waals surface area contributed by atoms with Gasteiger partial charge in [0, 0.05) is 12.0 Å². The van der Waals surface area contributed by atoms with Crippen molar-refractivity contribution in [3.63, 3.8) is 0 Å². The molecule has 0 aromatic heterocycles. The molecule has 2 aliphatic rings. The van der Waals surface area contributed by atoms with Crippen LogP contribution in [0.5, 0.6) is 0 Å². The lowest BCUT2D eigenvalue weighted by molar-refractivity contribution is -0.0812. The lowest BCUT2D eigenvalue weighted by atomic mass is 9.67. The van der Waals surface area contributed by atoms with Crippen LogP contribution in [0.2, 0.25) is 0 Å². The maximum atomic E-state index is 6.75. The van der Waals surface area contributed by atoms with E-state index < -0.39 is 0 Å². The van der Waals surface area contributed by atoms with Crippen LogP contribution in [0.15, 0.2) is 0 Å². The summed E-state index contributed by atoms with van der Waals surface area (Å²) in [5.41, 5.74) is 7.04. The zero-order valence-electron chi connectivity index (χ0n) is 12.9. The van der Waals surface area contributed by atoms with E-state index in [1.807, 2.05) is 0 Å². The van der Waals surface area contributed by atoms with Gasteiger partial charge >= 0.3 is 0 Å². The molecule has 1 aliphatic heterocycles. The summed E-state index contributed by atoms with van der Waals surface area (Å²) >= 11 is 0. The van der Waals surface area contributed by atoms with Crippen molar-refractivity contribution in [2.75, 3.05) is 0 Å². The molecule has 0 amide bonds. The molecule has 1 saturated carbocycles. The molecule has 2 atom stereocenters. The number of hydrogen-bond donors (Lipinski definition) is 1. The van der Waals surface area contributed by atoms with Crippen LogP contribution in [0.1, 0.15) is 73.1 Å². The molecular weight excluding hydrogens is 222 g/mol. The van der Waals surface area contributed by atoms with E-state index in [2.05, 4.69) is 34.6 Å². The zero-order chi connectivity index (χ0) is 13.6. The second-order valence-corrected chi connectivity index (χ2v) is 7.72. The monoisotopic (exact) mass is 253 g/mol. The van der Waals surface area contributed by atoms with E-state index in [0.717, 1.165) is 6.42 Å². The lowest BCUT2D eigenvalue weighted by Crippen LogP contribution is -2.50. The molecule has 1 heterocycles. The summed E-state index contributed by atoms with van der Waals surface area (Å²) in [5.74, 6) is 0.491. The predicted molar refractivity (Wildman–Crippen MR) is 76.5 cm³/mol. The van der Waals surface area contributed by atoms with E-state index in [1.54, 1.807) is 0 Å². The Morgan fingerprint density at radius 2 is 1.72 bits per heavy atom. The molecule has 2 fully saturated rings.